The lowest BCUT2D eigenvalue weighted by Gasteiger charge is -2.03. The molecule has 0 fully saturated rings. The maximum atomic E-state index is 10.4. The molecule has 1 atom stereocenters. The summed E-state index contributed by atoms with van der Waals surface area (Å²) in [5.41, 5.74) is 4.90. The fourth-order valence-corrected chi connectivity index (χ4v) is 2.03. The molecule has 3 N–H and O–H groups in total. The van der Waals surface area contributed by atoms with Crippen molar-refractivity contribution in [2.24, 2.45) is 5.73 Å². The van der Waals surface area contributed by atoms with Gasteiger partial charge in [-0.2, -0.15) is 8.42 Å². The van der Waals surface area contributed by atoms with Crippen LogP contribution in [0, 0.1) is 0 Å². The minimum absolute atomic E-state index is 0.388. The topological polar surface area (TPSA) is 97.5 Å². The van der Waals surface area contributed by atoms with Crippen LogP contribution in [0.2, 0.25) is 0 Å². The minimum Gasteiger partial charge on any atom is -0.329 e. The van der Waals surface area contributed by atoms with Crippen molar-refractivity contribution in [1.29, 1.82) is 0 Å². The highest BCUT2D eigenvalue weighted by Gasteiger charge is 2.26. The molecular formula is C3H6INO4S. The van der Waals surface area contributed by atoms with Crippen LogP contribution in [0.4, 0.5) is 0 Å². The number of carbonyl (C=O) groups excluding carboxylic acids is 1. The van der Waals surface area contributed by atoms with E-state index in [0.717, 1.165) is 0 Å². The minimum atomic E-state index is -4.30. The summed E-state index contributed by atoms with van der Waals surface area (Å²) in [6.45, 7) is -0.388. The van der Waals surface area contributed by atoms with E-state index in [1.807, 2.05) is 0 Å². The van der Waals surface area contributed by atoms with E-state index in [-0.39, 0.29) is 6.54 Å². The summed E-state index contributed by atoms with van der Waals surface area (Å²) in [5.74, 6) is 0. The van der Waals surface area contributed by atoms with Gasteiger partial charge in [-0.25, -0.2) is 0 Å². The highest BCUT2D eigenvalue weighted by molar-refractivity contribution is 14.1. The van der Waals surface area contributed by atoms with Crippen LogP contribution < -0.4 is 5.73 Å². The van der Waals surface area contributed by atoms with Crippen molar-refractivity contribution in [3.8, 4) is 0 Å². The van der Waals surface area contributed by atoms with Crippen LogP contribution in [-0.4, -0.2) is 28.6 Å². The van der Waals surface area contributed by atoms with E-state index in [0.29, 0.717) is 0 Å². The molecule has 0 aromatic heterocycles. The van der Waals surface area contributed by atoms with Crippen LogP contribution in [0.1, 0.15) is 0 Å². The summed E-state index contributed by atoms with van der Waals surface area (Å²) in [4.78, 5) is 10.4. The van der Waals surface area contributed by atoms with E-state index in [1.54, 1.807) is 0 Å². The van der Waals surface area contributed by atoms with Gasteiger partial charge in [0.05, 0.1) is 0 Å². The SMILES string of the molecule is NCC(C(=O)I)S(=O)(=O)O. The largest absolute Gasteiger partial charge is 0.329 e. The van der Waals surface area contributed by atoms with Gasteiger partial charge in [-0.3, -0.25) is 9.35 Å². The monoisotopic (exact) mass is 279 g/mol. The molecule has 0 rings (SSSR count). The summed E-state index contributed by atoms with van der Waals surface area (Å²) in [6, 6.07) is 0. The number of hydrogen-bond acceptors (Lipinski definition) is 4. The molecule has 0 amide bonds. The lowest BCUT2D eigenvalue weighted by molar-refractivity contribution is -0.109. The molecule has 0 aromatic carbocycles. The number of halogens is 1. The first-order valence-electron chi connectivity index (χ1n) is 2.25. The Balaban J connectivity index is 4.55. The molecule has 0 aliphatic heterocycles. The van der Waals surface area contributed by atoms with Gasteiger partial charge in [-0.1, -0.05) is 0 Å². The maximum Gasteiger partial charge on any atom is 0.277 e. The second kappa shape index (κ2) is 3.60. The zero-order valence-electron chi connectivity index (χ0n) is 4.82. The number of nitrogens with two attached hydrogens (primary N) is 1. The summed E-state index contributed by atoms with van der Waals surface area (Å²) in [7, 11) is -4.30. The zero-order valence-corrected chi connectivity index (χ0v) is 7.79. The molecule has 7 heteroatoms. The lowest BCUT2D eigenvalue weighted by atomic mass is 10.5. The fraction of sp³-hybridized carbons (Fsp3) is 0.667. The van der Waals surface area contributed by atoms with E-state index in [9.17, 15) is 13.2 Å². The van der Waals surface area contributed by atoms with E-state index in [1.165, 1.54) is 22.6 Å². The normalized spacial score (nSPS) is 14.7. The van der Waals surface area contributed by atoms with Gasteiger partial charge >= 0.3 is 0 Å². The van der Waals surface area contributed by atoms with Crippen molar-refractivity contribution in [3.63, 3.8) is 0 Å². The van der Waals surface area contributed by atoms with Gasteiger partial charge in [0.25, 0.3) is 10.1 Å². The Morgan fingerprint density at radius 1 is 1.70 bits per heavy atom. The molecule has 0 radical (unpaired) electrons. The van der Waals surface area contributed by atoms with E-state index in [4.69, 9.17) is 10.3 Å². The predicted octanol–water partition coefficient (Wildman–Crippen LogP) is -0.837. The molecular weight excluding hydrogens is 273 g/mol. The van der Waals surface area contributed by atoms with Crippen molar-refractivity contribution in [2.45, 2.75) is 5.25 Å². The summed E-state index contributed by atoms with van der Waals surface area (Å²) >= 11 is 1.27. The standard InChI is InChI=1S/C3H6INO4S/c4-3(6)2(1-5)10(7,8)9/h2H,1,5H2,(H,7,8,9). The molecule has 0 aliphatic rings. The first-order chi connectivity index (χ1) is 4.39. The van der Waals surface area contributed by atoms with Crippen LogP contribution >= 0.6 is 22.6 Å². The van der Waals surface area contributed by atoms with E-state index in [2.05, 4.69) is 0 Å². The molecule has 10 heavy (non-hydrogen) atoms. The van der Waals surface area contributed by atoms with Crippen LogP contribution in [-0.2, 0) is 14.9 Å². The Labute approximate surface area is 71.9 Å². The molecule has 0 aliphatic carbocycles. The third-order valence-corrected chi connectivity index (χ3v) is 3.13. The average molecular weight is 279 g/mol. The molecule has 0 saturated heterocycles. The Hall–Kier alpha value is 0.270. The van der Waals surface area contributed by atoms with Gasteiger partial charge in [0.15, 0.2) is 5.25 Å². The van der Waals surface area contributed by atoms with Gasteiger partial charge in [0.1, 0.15) is 0 Å². The maximum absolute atomic E-state index is 10.4. The Morgan fingerprint density at radius 2 is 2.10 bits per heavy atom. The van der Waals surface area contributed by atoms with Crippen LogP contribution in [0.5, 0.6) is 0 Å². The molecule has 5 nitrogen and oxygen atoms in total. The Morgan fingerprint density at radius 3 is 2.10 bits per heavy atom. The van der Waals surface area contributed by atoms with Gasteiger partial charge in [0, 0.05) is 29.1 Å². The van der Waals surface area contributed by atoms with E-state index >= 15 is 0 Å². The highest BCUT2D eigenvalue weighted by Crippen LogP contribution is 2.03. The highest BCUT2D eigenvalue weighted by atomic mass is 127. The van der Waals surface area contributed by atoms with Crippen molar-refractivity contribution in [3.05, 3.63) is 0 Å². The third kappa shape index (κ3) is 2.90. The molecule has 60 valence electrons. The van der Waals surface area contributed by atoms with Crippen molar-refractivity contribution in [2.75, 3.05) is 6.54 Å². The molecule has 1 unspecified atom stereocenters. The first kappa shape index (κ1) is 10.3. The second-order valence-corrected chi connectivity index (χ2v) is 4.21. The lowest BCUT2D eigenvalue weighted by Crippen LogP contribution is -2.33. The van der Waals surface area contributed by atoms with Gasteiger partial charge < -0.3 is 5.73 Å². The predicted molar refractivity (Wildman–Crippen MR) is 43.4 cm³/mol. The number of carbonyl (C=O) groups is 1. The van der Waals surface area contributed by atoms with Crippen LogP contribution in [0.15, 0.2) is 0 Å². The number of hydrogen-bond donors (Lipinski definition) is 2. The average Bonchev–Trinajstić information content (AvgIpc) is 1.60. The summed E-state index contributed by atoms with van der Waals surface area (Å²) < 4.78 is 28.1. The van der Waals surface area contributed by atoms with Crippen molar-refractivity contribution >= 4 is 36.5 Å². The fourth-order valence-electron chi connectivity index (χ4n) is 0.331. The van der Waals surface area contributed by atoms with E-state index < -0.39 is 19.2 Å². The summed E-state index contributed by atoms with van der Waals surface area (Å²) in [5, 5.41) is -1.48. The van der Waals surface area contributed by atoms with Gasteiger partial charge in [0.2, 0.25) is 3.79 Å². The molecule has 0 aromatic rings. The van der Waals surface area contributed by atoms with Crippen molar-refractivity contribution < 1.29 is 17.8 Å². The van der Waals surface area contributed by atoms with Gasteiger partial charge in [-0.05, 0) is 0 Å². The zero-order chi connectivity index (χ0) is 8.36. The third-order valence-electron chi connectivity index (χ3n) is 0.827. The molecule has 0 spiro atoms. The molecule has 0 saturated carbocycles. The van der Waals surface area contributed by atoms with Crippen molar-refractivity contribution in [1.82, 2.24) is 0 Å². The van der Waals surface area contributed by atoms with Gasteiger partial charge in [-0.15, -0.1) is 0 Å². The Bertz CT molecular complexity index is 223. The second-order valence-electron chi connectivity index (χ2n) is 1.54. The van der Waals surface area contributed by atoms with Crippen LogP contribution in [0.25, 0.3) is 0 Å². The Kier molecular flexibility index (Phi) is 3.70. The first-order valence-corrected chi connectivity index (χ1v) is 4.83. The smallest absolute Gasteiger partial charge is 0.277 e. The quantitative estimate of drug-likeness (QED) is 0.399. The van der Waals surface area contributed by atoms with Crippen LogP contribution in [0.3, 0.4) is 0 Å². The number of rotatable bonds is 3. The molecule has 0 bridgehead atoms. The summed E-state index contributed by atoms with van der Waals surface area (Å²) in [6.07, 6.45) is 0. The molecule has 0 heterocycles.